The minimum absolute atomic E-state index is 0.399. The van der Waals surface area contributed by atoms with Gasteiger partial charge in [0.15, 0.2) is 0 Å². The number of carbonyl (C=O) groups is 1. The first-order chi connectivity index (χ1) is 7.54. The molecule has 0 bridgehead atoms. The van der Waals surface area contributed by atoms with Crippen molar-refractivity contribution < 1.29 is 4.79 Å². The molecule has 0 spiro atoms. The first-order valence-electron chi connectivity index (χ1n) is 6.45. The smallest absolute Gasteiger partial charge is 0.132 e. The minimum Gasteiger partial charge on any atom is -0.305 e. The Hall–Kier alpha value is -0.410. The number of nitrogens with zero attached hydrogens (tertiary/aromatic N) is 2. The SMILES string of the molecule is CCC(=O)CCCN1CC(C)C(N(C)C)C1. The van der Waals surface area contributed by atoms with E-state index in [4.69, 9.17) is 0 Å². The molecule has 0 amide bonds. The molecule has 94 valence electrons. The molecule has 0 aromatic heterocycles. The Morgan fingerprint density at radius 3 is 2.56 bits per heavy atom. The van der Waals surface area contributed by atoms with Crippen LogP contribution in [0.15, 0.2) is 0 Å². The summed E-state index contributed by atoms with van der Waals surface area (Å²) >= 11 is 0. The molecule has 1 fully saturated rings. The summed E-state index contributed by atoms with van der Waals surface area (Å²) in [6.45, 7) is 7.70. The second kappa shape index (κ2) is 6.36. The van der Waals surface area contributed by atoms with Gasteiger partial charge in [0.25, 0.3) is 0 Å². The highest BCUT2D eigenvalue weighted by Gasteiger charge is 2.30. The molecule has 16 heavy (non-hydrogen) atoms. The van der Waals surface area contributed by atoms with Gasteiger partial charge in [-0.3, -0.25) is 4.79 Å². The minimum atomic E-state index is 0.399. The Morgan fingerprint density at radius 2 is 2.06 bits per heavy atom. The fourth-order valence-corrected chi connectivity index (χ4v) is 2.58. The summed E-state index contributed by atoms with van der Waals surface area (Å²) in [7, 11) is 4.32. The Morgan fingerprint density at radius 1 is 1.38 bits per heavy atom. The van der Waals surface area contributed by atoms with Crippen LogP contribution in [0.4, 0.5) is 0 Å². The van der Waals surface area contributed by atoms with Gasteiger partial charge in [0, 0.05) is 32.0 Å². The number of Topliss-reactive ketones (excluding diaryl/α,β-unsaturated/α-hetero) is 1. The molecule has 0 aromatic carbocycles. The maximum absolute atomic E-state index is 11.2. The topological polar surface area (TPSA) is 23.6 Å². The van der Waals surface area contributed by atoms with Gasteiger partial charge >= 0.3 is 0 Å². The molecule has 1 aliphatic heterocycles. The second-order valence-corrected chi connectivity index (χ2v) is 5.26. The normalized spacial score (nSPS) is 26.6. The highest BCUT2D eigenvalue weighted by molar-refractivity contribution is 5.77. The summed E-state index contributed by atoms with van der Waals surface area (Å²) in [5, 5.41) is 0. The van der Waals surface area contributed by atoms with E-state index < -0.39 is 0 Å². The molecule has 0 N–H and O–H groups in total. The van der Waals surface area contributed by atoms with Crippen LogP contribution in [0, 0.1) is 5.92 Å². The lowest BCUT2D eigenvalue weighted by Gasteiger charge is -2.22. The zero-order chi connectivity index (χ0) is 12.1. The maximum atomic E-state index is 11.2. The van der Waals surface area contributed by atoms with Crippen LogP contribution in [0.25, 0.3) is 0 Å². The summed E-state index contributed by atoms with van der Waals surface area (Å²) in [6, 6.07) is 0.682. The summed E-state index contributed by atoms with van der Waals surface area (Å²) in [4.78, 5) is 16.0. The molecule has 1 saturated heterocycles. The molecule has 0 saturated carbocycles. The van der Waals surface area contributed by atoms with E-state index in [1.807, 2.05) is 6.92 Å². The first-order valence-corrected chi connectivity index (χ1v) is 6.45. The predicted molar refractivity (Wildman–Crippen MR) is 67.6 cm³/mol. The van der Waals surface area contributed by atoms with E-state index >= 15 is 0 Å². The number of likely N-dealkylation sites (N-methyl/N-ethyl adjacent to an activating group) is 1. The number of rotatable bonds is 6. The van der Waals surface area contributed by atoms with Gasteiger partial charge in [0.1, 0.15) is 5.78 Å². The van der Waals surface area contributed by atoms with Gasteiger partial charge in [-0.2, -0.15) is 0 Å². The van der Waals surface area contributed by atoms with Crippen molar-refractivity contribution in [3.63, 3.8) is 0 Å². The second-order valence-electron chi connectivity index (χ2n) is 5.26. The van der Waals surface area contributed by atoms with Gasteiger partial charge in [0.05, 0.1) is 0 Å². The molecule has 0 radical (unpaired) electrons. The highest BCUT2D eigenvalue weighted by atomic mass is 16.1. The van der Waals surface area contributed by atoms with Crippen molar-refractivity contribution >= 4 is 5.78 Å². The van der Waals surface area contributed by atoms with E-state index in [0.717, 1.165) is 31.8 Å². The van der Waals surface area contributed by atoms with E-state index in [0.29, 0.717) is 18.2 Å². The van der Waals surface area contributed by atoms with Crippen LogP contribution < -0.4 is 0 Å². The van der Waals surface area contributed by atoms with Crippen LogP contribution in [0.2, 0.25) is 0 Å². The van der Waals surface area contributed by atoms with Crippen LogP contribution in [0.1, 0.15) is 33.1 Å². The van der Waals surface area contributed by atoms with Crippen molar-refractivity contribution in [1.82, 2.24) is 9.80 Å². The fraction of sp³-hybridized carbons (Fsp3) is 0.923. The Kier molecular flexibility index (Phi) is 5.42. The van der Waals surface area contributed by atoms with Gasteiger partial charge in [-0.15, -0.1) is 0 Å². The molecule has 1 heterocycles. The lowest BCUT2D eigenvalue weighted by molar-refractivity contribution is -0.118. The molecule has 1 aliphatic rings. The summed E-state index contributed by atoms with van der Waals surface area (Å²) in [5.74, 6) is 1.15. The Labute approximate surface area is 99.8 Å². The van der Waals surface area contributed by atoms with Crippen molar-refractivity contribution in [2.24, 2.45) is 5.92 Å². The van der Waals surface area contributed by atoms with Gasteiger partial charge in [0.2, 0.25) is 0 Å². The van der Waals surface area contributed by atoms with Crippen LogP contribution in [-0.4, -0.2) is 55.4 Å². The molecule has 3 heteroatoms. The summed E-state index contributed by atoms with van der Waals surface area (Å²) in [5.41, 5.74) is 0. The zero-order valence-corrected chi connectivity index (χ0v) is 11.2. The molecule has 1 rings (SSSR count). The quantitative estimate of drug-likeness (QED) is 0.688. The van der Waals surface area contributed by atoms with Crippen molar-refractivity contribution in [3.05, 3.63) is 0 Å². The zero-order valence-electron chi connectivity index (χ0n) is 11.2. The number of hydrogen-bond acceptors (Lipinski definition) is 3. The molecule has 2 unspecified atom stereocenters. The Balaban J connectivity index is 2.23. The summed E-state index contributed by atoms with van der Waals surface area (Å²) in [6.07, 6.45) is 2.48. The molecule has 0 aliphatic carbocycles. The van der Waals surface area contributed by atoms with E-state index in [1.165, 1.54) is 6.54 Å². The first kappa shape index (κ1) is 13.7. The largest absolute Gasteiger partial charge is 0.305 e. The monoisotopic (exact) mass is 226 g/mol. The van der Waals surface area contributed by atoms with Crippen molar-refractivity contribution in [2.75, 3.05) is 33.7 Å². The molecular weight excluding hydrogens is 200 g/mol. The van der Waals surface area contributed by atoms with Gasteiger partial charge < -0.3 is 9.80 Å². The molecule has 3 nitrogen and oxygen atoms in total. The molecule has 2 atom stereocenters. The number of likely N-dealkylation sites (tertiary alicyclic amines) is 1. The standard InChI is InChI=1S/C13H26N2O/c1-5-12(16)7-6-8-15-9-11(2)13(10-15)14(3)4/h11,13H,5-10H2,1-4H3. The number of hydrogen-bond donors (Lipinski definition) is 0. The summed E-state index contributed by atoms with van der Waals surface area (Å²) < 4.78 is 0. The van der Waals surface area contributed by atoms with Gasteiger partial charge in [-0.1, -0.05) is 13.8 Å². The van der Waals surface area contributed by atoms with E-state index in [2.05, 4.69) is 30.8 Å². The van der Waals surface area contributed by atoms with Crippen LogP contribution in [0.5, 0.6) is 0 Å². The number of ketones is 1. The third kappa shape index (κ3) is 3.87. The lowest BCUT2D eigenvalue weighted by atomic mass is 10.1. The molecular formula is C13H26N2O. The van der Waals surface area contributed by atoms with E-state index in [1.54, 1.807) is 0 Å². The van der Waals surface area contributed by atoms with Gasteiger partial charge in [-0.25, -0.2) is 0 Å². The van der Waals surface area contributed by atoms with Crippen molar-refractivity contribution in [2.45, 2.75) is 39.2 Å². The third-order valence-electron chi connectivity index (χ3n) is 3.64. The van der Waals surface area contributed by atoms with E-state index in [-0.39, 0.29) is 0 Å². The maximum Gasteiger partial charge on any atom is 0.132 e. The van der Waals surface area contributed by atoms with Crippen molar-refractivity contribution in [3.8, 4) is 0 Å². The lowest BCUT2D eigenvalue weighted by Crippen LogP contribution is -2.34. The third-order valence-corrected chi connectivity index (χ3v) is 3.64. The van der Waals surface area contributed by atoms with Crippen LogP contribution >= 0.6 is 0 Å². The number of carbonyl (C=O) groups excluding carboxylic acids is 1. The van der Waals surface area contributed by atoms with Crippen molar-refractivity contribution in [1.29, 1.82) is 0 Å². The molecule has 0 aromatic rings. The van der Waals surface area contributed by atoms with Crippen LogP contribution in [-0.2, 0) is 4.79 Å². The Bertz CT molecular complexity index is 228. The van der Waals surface area contributed by atoms with E-state index in [9.17, 15) is 4.79 Å². The fourth-order valence-electron chi connectivity index (χ4n) is 2.58. The average Bonchev–Trinajstić information content (AvgIpc) is 2.59. The average molecular weight is 226 g/mol. The van der Waals surface area contributed by atoms with Gasteiger partial charge in [-0.05, 0) is 33.0 Å². The predicted octanol–water partition coefficient (Wildman–Crippen LogP) is 1.63. The van der Waals surface area contributed by atoms with Crippen LogP contribution in [0.3, 0.4) is 0 Å². The highest BCUT2D eigenvalue weighted by Crippen LogP contribution is 2.20.